The van der Waals surface area contributed by atoms with Gasteiger partial charge in [0, 0.05) is 0 Å². The Morgan fingerprint density at radius 1 is 0.811 bits per heavy atom. The summed E-state index contributed by atoms with van der Waals surface area (Å²) in [6.07, 6.45) is 1.45. The van der Waals surface area contributed by atoms with E-state index >= 15 is 0 Å². The van der Waals surface area contributed by atoms with Gasteiger partial charge in [0.25, 0.3) is 11.8 Å². The van der Waals surface area contributed by atoms with Crippen LogP contribution in [0.4, 0.5) is 10.5 Å². The number of urea groups is 1. The minimum atomic E-state index is -0.774. The van der Waals surface area contributed by atoms with E-state index in [4.69, 9.17) is 9.47 Å². The molecule has 0 saturated carbocycles. The largest absolute Gasteiger partial charge is 0.490 e. The van der Waals surface area contributed by atoms with Gasteiger partial charge < -0.3 is 9.47 Å². The SMILES string of the molecule is CCOc1cc(/C=C2\C(=O)NC(=O)N(c3ccc(C)cc3C)C2=O)ccc1OCc1ccc(C)c(C)c1. The second kappa shape index (κ2) is 10.7. The molecule has 7 nitrogen and oxygen atoms in total. The van der Waals surface area contributed by atoms with Crippen molar-refractivity contribution in [3.05, 3.63) is 93.6 Å². The van der Waals surface area contributed by atoms with Crippen LogP contribution in [-0.2, 0) is 16.2 Å². The number of carbonyl (C=O) groups excluding carboxylic acids is 3. The van der Waals surface area contributed by atoms with E-state index in [1.807, 2.05) is 39.0 Å². The average molecular weight is 499 g/mol. The van der Waals surface area contributed by atoms with Crippen molar-refractivity contribution in [3.63, 3.8) is 0 Å². The molecule has 190 valence electrons. The fourth-order valence-electron chi connectivity index (χ4n) is 4.16. The molecule has 0 aromatic heterocycles. The standard InChI is InChI=1S/C30H30N2O5/c1-6-36-27-16-22(10-12-26(27)37-17-23-9-8-19(3)20(4)14-23)15-24-28(33)31-30(35)32(29(24)34)25-11-7-18(2)13-21(25)5/h7-16H,6,17H2,1-5H3,(H,31,33,35)/b24-15+. The van der Waals surface area contributed by atoms with Crippen LogP contribution >= 0.6 is 0 Å². The second-order valence-corrected chi connectivity index (χ2v) is 9.09. The minimum absolute atomic E-state index is 0.147. The molecule has 0 radical (unpaired) electrons. The quantitative estimate of drug-likeness (QED) is 0.340. The first-order chi connectivity index (χ1) is 17.7. The van der Waals surface area contributed by atoms with E-state index in [1.54, 1.807) is 24.3 Å². The van der Waals surface area contributed by atoms with Gasteiger partial charge in [-0.25, -0.2) is 9.69 Å². The summed E-state index contributed by atoms with van der Waals surface area (Å²) in [4.78, 5) is 39.5. The van der Waals surface area contributed by atoms with Crippen molar-refractivity contribution in [1.82, 2.24) is 5.32 Å². The zero-order valence-corrected chi connectivity index (χ0v) is 21.7. The van der Waals surface area contributed by atoms with Crippen LogP contribution in [0.3, 0.4) is 0 Å². The predicted octanol–water partition coefficient (Wildman–Crippen LogP) is 5.56. The first-order valence-electron chi connectivity index (χ1n) is 12.1. The minimum Gasteiger partial charge on any atom is -0.490 e. The Labute approximate surface area is 216 Å². The molecule has 4 amide bonds. The Bertz CT molecular complexity index is 1420. The molecule has 1 N–H and O–H groups in total. The Kier molecular flexibility index (Phi) is 7.43. The number of benzene rings is 3. The number of nitrogens with one attached hydrogen (secondary N) is 1. The van der Waals surface area contributed by atoms with E-state index in [-0.39, 0.29) is 5.57 Å². The van der Waals surface area contributed by atoms with Crippen LogP contribution in [0.5, 0.6) is 11.5 Å². The van der Waals surface area contributed by atoms with Gasteiger partial charge >= 0.3 is 6.03 Å². The van der Waals surface area contributed by atoms with Crippen molar-refractivity contribution >= 4 is 29.6 Å². The summed E-state index contributed by atoms with van der Waals surface area (Å²) in [5.41, 5.74) is 6.05. The van der Waals surface area contributed by atoms with E-state index < -0.39 is 17.8 Å². The Morgan fingerprint density at radius 2 is 1.59 bits per heavy atom. The van der Waals surface area contributed by atoms with E-state index in [1.165, 1.54) is 17.2 Å². The summed E-state index contributed by atoms with van der Waals surface area (Å²) in [7, 11) is 0. The zero-order valence-electron chi connectivity index (χ0n) is 21.7. The number of hydrogen-bond acceptors (Lipinski definition) is 5. The molecule has 1 fully saturated rings. The first-order valence-corrected chi connectivity index (χ1v) is 12.1. The number of aryl methyl sites for hydroxylation is 4. The van der Waals surface area contributed by atoms with Crippen molar-refractivity contribution in [1.29, 1.82) is 0 Å². The molecule has 0 unspecified atom stereocenters. The second-order valence-electron chi connectivity index (χ2n) is 9.09. The summed E-state index contributed by atoms with van der Waals surface area (Å²) < 4.78 is 11.8. The third kappa shape index (κ3) is 5.56. The molecule has 1 aliphatic rings. The molecular formula is C30H30N2O5. The summed E-state index contributed by atoms with van der Waals surface area (Å²) in [6, 6.07) is 16.0. The number of carbonyl (C=O) groups is 3. The number of amides is 4. The molecule has 1 saturated heterocycles. The molecule has 0 spiro atoms. The van der Waals surface area contributed by atoms with Gasteiger partial charge in [0.2, 0.25) is 0 Å². The Balaban J connectivity index is 1.62. The van der Waals surface area contributed by atoms with Gasteiger partial charge in [0.1, 0.15) is 12.2 Å². The molecule has 7 heteroatoms. The monoisotopic (exact) mass is 498 g/mol. The van der Waals surface area contributed by atoms with Crippen LogP contribution in [0.15, 0.2) is 60.2 Å². The number of imide groups is 2. The van der Waals surface area contributed by atoms with Gasteiger partial charge in [0.05, 0.1) is 12.3 Å². The highest BCUT2D eigenvalue weighted by Gasteiger charge is 2.37. The fourth-order valence-corrected chi connectivity index (χ4v) is 4.16. The molecule has 3 aromatic carbocycles. The van der Waals surface area contributed by atoms with E-state index in [0.29, 0.717) is 36.0 Å². The van der Waals surface area contributed by atoms with E-state index in [0.717, 1.165) is 21.6 Å². The summed E-state index contributed by atoms with van der Waals surface area (Å²) in [5, 5.41) is 2.27. The summed E-state index contributed by atoms with van der Waals surface area (Å²) >= 11 is 0. The highest BCUT2D eigenvalue weighted by molar-refractivity contribution is 6.39. The number of hydrogen-bond donors (Lipinski definition) is 1. The van der Waals surface area contributed by atoms with Gasteiger partial charge in [-0.3, -0.25) is 14.9 Å². The lowest BCUT2D eigenvalue weighted by molar-refractivity contribution is -0.122. The van der Waals surface area contributed by atoms with Crippen molar-refractivity contribution in [3.8, 4) is 11.5 Å². The lowest BCUT2D eigenvalue weighted by Crippen LogP contribution is -2.54. The maximum absolute atomic E-state index is 13.3. The van der Waals surface area contributed by atoms with Crippen molar-refractivity contribution in [2.75, 3.05) is 11.5 Å². The van der Waals surface area contributed by atoms with Crippen molar-refractivity contribution in [2.24, 2.45) is 0 Å². The topological polar surface area (TPSA) is 84.9 Å². The normalized spacial score (nSPS) is 14.7. The van der Waals surface area contributed by atoms with Crippen LogP contribution in [0.2, 0.25) is 0 Å². The van der Waals surface area contributed by atoms with E-state index in [9.17, 15) is 14.4 Å². The maximum Gasteiger partial charge on any atom is 0.335 e. The highest BCUT2D eigenvalue weighted by atomic mass is 16.5. The third-order valence-electron chi connectivity index (χ3n) is 6.24. The lowest BCUT2D eigenvalue weighted by Gasteiger charge is -2.27. The van der Waals surface area contributed by atoms with Crippen LogP contribution in [0.25, 0.3) is 6.08 Å². The predicted molar refractivity (Wildman–Crippen MR) is 143 cm³/mol. The average Bonchev–Trinajstić information content (AvgIpc) is 2.84. The van der Waals surface area contributed by atoms with Gasteiger partial charge in [-0.15, -0.1) is 0 Å². The van der Waals surface area contributed by atoms with Gasteiger partial charge in [-0.1, -0.05) is 42.0 Å². The Morgan fingerprint density at radius 3 is 2.30 bits per heavy atom. The fraction of sp³-hybridized carbons (Fsp3) is 0.233. The van der Waals surface area contributed by atoms with Gasteiger partial charge in [-0.2, -0.15) is 0 Å². The molecule has 3 aromatic rings. The number of ether oxygens (including phenoxy) is 2. The number of anilines is 1. The Hall–Kier alpha value is -4.39. The zero-order chi connectivity index (χ0) is 26.7. The number of nitrogens with zero attached hydrogens (tertiary/aromatic N) is 1. The van der Waals surface area contributed by atoms with Crippen LogP contribution < -0.4 is 19.7 Å². The van der Waals surface area contributed by atoms with Crippen LogP contribution in [0, 0.1) is 27.7 Å². The van der Waals surface area contributed by atoms with Gasteiger partial charge in [-0.05, 0) is 86.7 Å². The van der Waals surface area contributed by atoms with Crippen LogP contribution in [-0.4, -0.2) is 24.5 Å². The molecule has 1 aliphatic heterocycles. The van der Waals surface area contributed by atoms with Crippen molar-refractivity contribution in [2.45, 2.75) is 41.2 Å². The molecule has 0 bridgehead atoms. The molecule has 1 heterocycles. The summed E-state index contributed by atoms with van der Waals surface area (Å²) in [5.74, 6) is -0.391. The van der Waals surface area contributed by atoms with Crippen molar-refractivity contribution < 1.29 is 23.9 Å². The number of barbiturate groups is 1. The molecular weight excluding hydrogens is 468 g/mol. The van der Waals surface area contributed by atoms with Gasteiger partial charge in [0.15, 0.2) is 11.5 Å². The summed E-state index contributed by atoms with van der Waals surface area (Å²) in [6.45, 7) is 10.5. The lowest BCUT2D eigenvalue weighted by atomic mass is 10.0. The third-order valence-corrected chi connectivity index (χ3v) is 6.24. The molecule has 0 aliphatic carbocycles. The van der Waals surface area contributed by atoms with Crippen LogP contribution in [0.1, 0.15) is 40.3 Å². The highest BCUT2D eigenvalue weighted by Crippen LogP contribution is 2.31. The van der Waals surface area contributed by atoms with E-state index in [2.05, 4.69) is 31.3 Å². The molecule has 0 atom stereocenters. The smallest absolute Gasteiger partial charge is 0.335 e. The first kappa shape index (κ1) is 25.7. The number of rotatable bonds is 7. The molecule has 37 heavy (non-hydrogen) atoms. The maximum atomic E-state index is 13.3. The molecule has 4 rings (SSSR count).